The molecule has 0 radical (unpaired) electrons. The topological polar surface area (TPSA) is 131 Å². The third-order valence-corrected chi connectivity index (χ3v) is 6.01. The fourth-order valence-electron chi connectivity index (χ4n) is 4.05. The minimum Gasteiger partial charge on any atom is -0.432 e. The molecule has 9 nitrogen and oxygen atoms in total. The molecule has 1 aliphatic rings. The van der Waals surface area contributed by atoms with Gasteiger partial charge in [-0.25, -0.2) is 9.29 Å². The number of aromatic nitrogens is 2. The van der Waals surface area contributed by atoms with Crippen molar-refractivity contribution in [2.45, 2.75) is 25.0 Å². The molecule has 11 heteroatoms. The van der Waals surface area contributed by atoms with Crippen molar-refractivity contribution in [3.8, 4) is 11.4 Å². The van der Waals surface area contributed by atoms with Crippen LogP contribution in [-0.2, 0) is 13.1 Å². The zero-order valence-electron chi connectivity index (χ0n) is 17.4. The molecule has 0 saturated carbocycles. The lowest BCUT2D eigenvalue weighted by Crippen LogP contribution is -2.66. The molecule has 2 aromatic carbocycles. The van der Waals surface area contributed by atoms with E-state index in [9.17, 15) is 29.6 Å². The van der Waals surface area contributed by atoms with Crippen LogP contribution in [0, 0.1) is 5.82 Å². The first-order chi connectivity index (χ1) is 16.0. The molecule has 0 fully saturated rings. The predicted molar refractivity (Wildman–Crippen MR) is 120 cm³/mol. The second-order valence-electron chi connectivity index (χ2n) is 8.07. The van der Waals surface area contributed by atoms with Crippen LogP contribution in [0.15, 0.2) is 65.7 Å². The van der Waals surface area contributed by atoms with Crippen molar-refractivity contribution in [3.05, 3.63) is 93.2 Å². The lowest BCUT2D eigenvalue weighted by molar-refractivity contribution is -0.474. The number of pyridine rings is 1. The molecule has 0 aliphatic carbocycles. The van der Waals surface area contributed by atoms with Gasteiger partial charge in [-0.3, -0.25) is 4.79 Å². The van der Waals surface area contributed by atoms with Crippen LogP contribution in [0.25, 0.3) is 16.6 Å². The van der Waals surface area contributed by atoms with Crippen molar-refractivity contribution in [1.29, 1.82) is 0 Å². The van der Waals surface area contributed by atoms with Crippen LogP contribution < -0.4 is 10.3 Å². The van der Waals surface area contributed by atoms with Gasteiger partial charge in [0.05, 0.1) is 10.5 Å². The van der Waals surface area contributed by atoms with Crippen LogP contribution in [0.1, 0.15) is 11.1 Å². The van der Waals surface area contributed by atoms with Crippen molar-refractivity contribution in [2.75, 3.05) is 0 Å². The molecule has 0 unspecified atom stereocenters. The summed E-state index contributed by atoms with van der Waals surface area (Å²) in [7, 11) is 0. The Bertz CT molecular complexity index is 1460. The third kappa shape index (κ3) is 3.76. The average molecular weight is 488 g/mol. The normalized spacial score (nSPS) is 17.2. The Labute approximate surface area is 196 Å². The summed E-state index contributed by atoms with van der Waals surface area (Å²) in [6.07, 6.45) is 3.11. The second kappa shape index (κ2) is 7.91. The number of benzene rings is 2. The average Bonchev–Trinajstić information content (AvgIpc) is 3.15. The second-order valence-corrected chi connectivity index (χ2v) is 8.47. The first-order valence-electron chi connectivity index (χ1n) is 10.2. The molecule has 0 atom stereocenters. The highest BCUT2D eigenvalue weighted by molar-refractivity contribution is 6.32. The molecule has 1 aliphatic heterocycles. The van der Waals surface area contributed by atoms with E-state index < -0.39 is 17.4 Å². The standard InChI is InChI=1S/C23H19ClFN3O6/c24-18-10-17(28-6-4-14-8-16(25)1-2-19(14)28)9-15-12-27(11-13-3-5-26-20(29)7-13)22(30,31)23(32,33)34-21(15)18/h1-10,30-33H,11-12H2,(H,26,29). The van der Waals surface area contributed by atoms with Crippen LogP contribution in [0.2, 0.25) is 5.02 Å². The molecule has 176 valence electrons. The number of ether oxygens (including phenoxy) is 1. The zero-order chi connectivity index (χ0) is 24.3. The van der Waals surface area contributed by atoms with Gasteiger partial charge in [0.1, 0.15) is 11.6 Å². The Kier molecular flexibility index (Phi) is 5.24. The molecular formula is C23H19ClFN3O6. The lowest BCUT2D eigenvalue weighted by Gasteiger charge is -2.39. The number of nitrogens with zero attached hydrogens (tertiary/aromatic N) is 2. The number of halogens is 2. The van der Waals surface area contributed by atoms with Gasteiger partial charge in [-0.05, 0) is 48.0 Å². The van der Waals surface area contributed by atoms with Gasteiger partial charge in [-0.2, -0.15) is 0 Å². The van der Waals surface area contributed by atoms with E-state index in [2.05, 4.69) is 4.98 Å². The van der Waals surface area contributed by atoms with E-state index in [-0.39, 0.29) is 29.7 Å². The van der Waals surface area contributed by atoms with Gasteiger partial charge in [0.2, 0.25) is 5.56 Å². The lowest BCUT2D eigenvalue weighted by atomic mass is 10.1. The number of fused-ring (bicyclic) bond motifs is 2. The molecule has 0 spiro atoms. The van der Waals surface area contributed by atoms with Gasteiger partial charge in [-0.1, -0.05) is 11.6 Å². The predicted octanol–water partition coefficient (Wildman–Crippen LogP) is 1.78. The number of nitrogens with one attached hydrogen (secondary N) is 1. The molecular weight excluding hydrogens is 469 g/mol. The summed E-state index contributed by atoms with van der Waals surface area (Å²) >= 11 is 6.41. The van der Waals surface area contributed by atoms with Crippen molar-refractivity contribution < 1.29 is 29.6 Å². The van der Waals surface area contributed by atoms with E-state index in [0.29, 0.717) is 27.7 Å². The Morgan fingerprint density at radius 3 is 2.65 bits per heavy atom. The number of hydrogen-bond donors (Lipinski definition) is 5. The monoisotopic (exact) mass is 487 g/mol. The van der Waals surface area contributed by atoms with Crippen LogP contribution in [0.5, 0.6) is 5.75 Å². The molecule has 0 bridgehead atoms. The fourth-order valence-corrected chi connectivity index (χ4v) is 4.32. The number of hydrogen-bond acceptors (Lipinski definition) is 7. The summed E-state index contributed by atoms with van der Waals surface area (Å²) < 4.78 is 20.5. The maximum absolute atomic E-state index is 13.6. The molecule has 2 aromatic heterocycles. The Morgan fingerprint density at radius 1 is 1.09 bits per heavy atom. The largest absolute Gasteiger partial charge is 0.432 e. The Balaban J connectivity index is 1.62. The van der Waals surface area contributed by atoms with Crippen LogP contribution >= 0.6 is 11.6 Å². The highest BCUT2D eigenvalue weighted by Crippen LogP contribution is 2.41. The quantitative estimate of drug-likeness (QED) is 0.278. The smallest absolute Gasteiger partial charge is 0.396 e. The first kappa shape index (κ1) is 22.5. The van der Waals surface area contributed by atoms with Crippen LogP contribution in [0.4, 0.5) is 4.39 Å². The molecule has 5 rings (SSSR count). The Morgan fingerprint density at radius 2 is 1.88 bits per heavy atom. The zero-order valence-corrected chi connectivity index (χ0v) is 18.2. The van der Waals surface area contributed by atoms with E-state index in [1.165, 1.54) is 36.5 Å². The summed E-state index contributed by atoms with van der Waals surface area (Å²) in [5.74, 6) is -7.25. The van der Waals surface area contributed by atoms with Gasteiger partial charge in [0, 0.05) is 48.2 Å². The summed E-state index contributed by atoms with van der Waals surface area (Å²) in [4.78, 5) is 15.1. The minimum absolute atomic E-state index is 0.0160. The third-order valence-electron chi connectivity index (χ3n) is 5.73. The van der Waals surface area contributed by atoms with E-state index in [1.54, 1.807) is 29.0 Å². The Hall–Kier alpha value is -3.25. The van der Waals surface area contributed by atoms with Gasteiger partial charge in [0.15, 0.2) is 0 Å². The molecule has 3 heterocycles. The fraction of sp³-hybridized carbons (Fsp3) is 0.174. The van der Waals surface area contributed by atoms with Crippen molar-refractivity contribution in [1.82, 2.24) is 14.5 Å². The van der Waals surface area contributed by atoms with E-state index >= 15 is 0 Å². The van der Waals surface area contributed by atoms with Crippen molar-refractivity contribution >= 4 is 22.5 Å². The molecule has 34 heavy (non-hydrogen) atoms. The van der Waals surface area contributed by atoms with E-state index in [0.717, 1.165) is 4.90 Å². The summed E-state index contributed by atoms with van der Waals surface area (Å²) in [5.41, 5.74) is 1.54. The van der Waals surface area contributed by atoms with Crippen LogP contribution in [0.3, 0.4) is 0 Å². The number of rotatable bonds is 3. The maximum Gasteiger partial charge on any atom is 0.396 e. The molecule has 0 saturated heterocycles. The molecule has 0 amide bonds. The first-order valence-corrected chi connectivity index (χ1v) is 10.5. The number of H-pyrrole nitrogens is 1. The van der Waals surface area contributed by atoms with E-state index in [4.69, 9.17) is 16.3 Å². The van der Waals surface area contributed by atoms with Crippen molar-refractivity contribution in [2.24, 2.45) is 0 Å². The summed E-state index contributed by atoms with van der Waals surface area (Å²) in [6.45, 7) is -0.477. The van der Waals surface area contributed by atoms with Gasteiger partial charge in [0.25, 0.3) is 0 Å². The van der Waals surface area contributed by atoms with Crippen molar-refractivity contribution in [3.63, 3.8) is 0 Å². The highest BCUT2D eigenvalue weighted by atomic mass is 35.5. The maximum atomic E-state index is 13.6. The molecule has 4 aromatic rings. The highest BCUT2D eigenvalue weighted by Gasteiger charge is 2.57. The van der Waals surface area contributed by atoms with Gasteiger partial charge < -0.3 is 34.7 Å². The van der Waals surface area contributed by atoms with Crippen LogP contribution in [-0.4, -0.2) is 46.8 Å². The number of aliphatic hydroxyl groups is 4. The van der Waals surface area contributed by atoms with Gasteiger partial charge >= 0.3 is 11.9 Å². The van der Waals surface area contributed by atoms with E-state index in [1.807, 2.05) is 0 Å². The number of aromatic amines is 1. The summed E-state index contributed by atoms with van der Waals surface area (Å²) in [6, 6.07) is 12.0. The minimum atomic E-state index is -3.46. The van der Waals surface area contributed by atoms with Gasteiger partial charge in [-0.15, -0.1) is 0 Å². The summed E-state index contributed by atoms with van der Waals surface area (Å²) in [5, 5.41) is 42.7. The molecule has 5 N–H and O–H groups in total. The SMILES string of the molecule is O=c1cc(CN2Cc3cc(-n4ccc5cc(F)ccc54)cc(Cl)c3OC(O)(O)C2(O)O)cc[nH]1.